The minimum atomic E-state index is -0.277. The van der Waals surface area contributed by atoms with Gasteiger partial charge in [0.05, 0.1) is 26.8 Å². The van der Waals surface area contributed by atoms with Crippen LogP contribution in [0.3, 0.4) is 0 Å². The maximum atomic E-state index is 13.0. The molecule has 4 aromatic rings. The first-order valence-corrected chi connectivity index (χ1v) is 12.8. The quantitative estimate of drug-likeness (QED) is 0.289. The van der Waals surface area contributed by atoms with Crippen LogP contribution in [0.5, 0.6) is 0 Å². The molecule has 1 aliphatic rings. The molecule has 3 heterocycles. The summed E-state index contributed by atoms with van der Waals surface area (Å²) < 4.78 is 2.26. The lowest BCUT2D eigenvalue weighted by atomic mass is 10.1. The van der Waals surface area contributed by atoms with Gasteiger partial charge < -0.3 is 9.62 Å². The number of aromatic nitrogens is 2. The van der Waals surface area contributed by atoms with Crippen molar-refractivity contribution in [3.05, 3.63) is 82.6 Å². The monoisotopic (exact) mass is 508 g/mol. The molecule has 0 bridgehead atoms. The maximum absolute atomic E-state index is 13.0. The fourth-order valence-corrected chi connectivity index (χ4v) is 5.56. The van der Waals surface area contributed by atoms with E-state index in [4.69, 9.17) is 23.2 Å². The second-order valence-corrected chi connectivity index (χ2v) is 9.96. The van der Waals surface area contributed by atoms with Crippen LogP contribution in [-0.4, -0.2) is 28.2 Å². The molecule has 1 aliphatic heterocycles. The van der Waals surface area contributed by atoms with E-state index in [2.05, 4.69) is 19.6 Å². The van der Waals surface area contributed by atoms with Crippen LogP contribution in [0, 0.1) is 0 Å². The van der Waals surface area contributed by atoms with Crippen molar-refractivity contribution < 1.29 is 4.79 Å². The number of carbonyl (C=O) groups is 1. The first kappa shape index (κ1) is 23.0. The summed E-state index contributed by atoms with van der Waals surface area (Å²) in [6.07, 6.45) is 7.07. The molecule has 1 N–H and O–H groups in total. The third-order valence-corrected chi connectivity index (χ3v) is 7.57. The molecule has 2 aromatic heterocycles. The van der Waals surface area contributed by atoms with Gasteiger partial charge in [-0.05, 0) is 79.4 Å². The summed E-state index contributed by atoms with van der Waals surface area (Å²) >= 11 is 14.9. The molecule has 1 amide bonds. The first-order chi connectivity index (χ1) is 16.6. The second-order valence-electron chi connectivity index (χ2n) is 8.04. The van der Waals surface area contributed by atoms with Gasteiger partial charge in [-0.3, -0.25) is 14.8 Å². The van der Waals surface area contributed by atoms with Gasteiger partial charge in [0.2, 0.25) is 0 Å². The third-order valence-electron chi connectivity index (χ3n) is 5.75. The van der Waals surface area contributed by atoms with Crippen LogP contribution in [-0.2, 0) is 0 Å². The Kier molecular flexibility index (Phi) is 6.90. The molecule has 0 radical (unpaired) electrons. The van der Waals surface area contributed by atoms with E-state index in [0.29, 0.717) is 27.0 Å². The highest BCUT2D eigenvalue weighted by atomic mass is 35.5. The predicted molar refractivity (Wildman–Crippen MR) is 143 cm³/mol. The van der Waals surface area contributed by atoms with Crippen LogP contribution in [0.15, 0.2) is 67.0 Å². The first-order valence-electron chi connectivity index (χ1n) is 11.1. The zero-order valence-corrected chi connectivity index (χ0v) is 20.6. The van der Waals surface area contributed by atoms with E-state index in [1.807, 2.05) is 48.3 Å². The van der Waals surface area contributed by atoms with E-state index >= 15 is 0 Å². The number of pyridine rings is 2. The molecule has 1 fully saturated rings. The normalized spacial score (nSPS) is 14.1. The lowest BCUT2D eigenvalue weighted by Gasteiger charge is -2.21. The van der Waals surface area contributed by atoms with Crippen molar-refractivity contribution in [3.63, 3.8) is 0 Å². The van der Waals surface area contributed by atoms with E-state index in [1.165, 1.54) is 12.8 Å². The highest BCUT2D eigenvalue weighted by Crippen LogP contribution is 2.34. The number of carbonyl (C=O) groups excluding carboxylic acids is 1. The highest BCUT2D eigenvalue weighted by Gasteiger charge is 2.17. The number of hydrogen-bond donors (Lipinski definition) is 1. The number of fused-ring (bicyclic) bond motifs is 1. The summed E-state index contributed by atoms with van der Waals surface area (Å²) in [6, 6.07) is 16.6. The summed E-state index contributed by atoms with van der Waals surface area (Å²) in [5, 5.41) is 4.81. The van der Waals surface area contributed by atoms with Crippen LogP contribution in [0.25, 0.3) is 22.2 Å². The molecule has 34 heavy (non-hydrogen) atoms. The third kappa shape index (κ3) is 4.85. The van der Waals surface area contributed by atoms with Gasteiger partial charge >= 0.3 is 0 Å². The Bertz CT molecular complexity index is 1350. The zero-order valence-electron chi connectivity index (χ0n) is 18.3. The SMILES string of the molecule is O=C(Nc1ccc(Cl)c(-c2nccc3ncccc23)c1)c1ccc(N2CCCCCS2)cc1Cl. The summed E-state index contributed by atoms with van der Waals surface area (Å²) in [5.74, 6) is 0.821. The standard InChI is InChI=1S/C26H22Cl2N4OS/c27-22-9-6-17(15-21(22)25-20-5-4-11-29-24(20)10-12-30-25)31-26(33)19-8-7-18(16-23(19)28)32-13-2-1-3-14-34-32/h4-12,15-16H,1-3,13-14H2,(H,31,33). The molecule has 8 heteroatoms. The van der Waals surface area contributed by atoms with Gasteiger partial charge in [-0.15, -0.1) is 0 Å². The van der Waals surface area contributed by atoms with Gasteiger partial charge in [-0.2, -0.15) is 0 Å². The number of nitrogens with zero attached hydrogens (tertiary/aromatic N) is 3. The van der Waals surface area contributed by atoms with Gasteiger partial charge in [0.25, 0.3) is 5.91 Å². The molecule has 0 atom stereocenters. The van der Waals surface area contributed by atoms with E-state index in [-0.39, 0.29) is 5.91 Å². The van der Waals surface area contributed by atoms with E-state index in [0.717, 1.165) is 40.9 Å². The maximum Gasteiger partial charge on any atom is 0.257 e. The van der Waals surface area contributed by atoms with Gasteiger partial charge in [0.1, 0.15) is 0 Å². The second kappa shape index (κ2) is 10.2. The number of anilines is 2. The summed E-state index contributed by atoms with van der Waals surface area (Å²) in [4.78, 5) is 22.0. The van der Waals surface area contributed by atoms with E-state index < -0.39 is 0 Å². The number of amides is 1. The Labute approximate surface area is 212 Å². The predicted octanol–water partition coefficient (Wildman–Crippen LogP) is 7.49. The lowest BCUT2D eigenvalue weighted by molar-refractivity contribution is 0.102. The average molecular weight is 509 g/mol. The van der Waals surface area contributed by atoms with Gasteiger partial charge in [0, 0.05) is 47.0 Å². The zero-order chi connectivity index (χ0) is 23.5. The summed E-state index contributed by atoms with van der Waals surface area (Å²) in [7, 11) is 0. The highest BCUT2D eigenvalue weighted by molar-refractivity contribution is 8.00. The number of benzene rings is 2. The molecular weight excluding hydrogens is 487 g/mol. The number of nitrogens with one attached hydrogen (secondary N) is 1. The van der Waals surface area contributed by atoms with Crippen molar-refractivity contribution in [1.82, 2.24) is 9.97 Å². The van der Waals surface area contributed by atoms with Crippen LogP contribution in [0.4, 0.5) is 11.4 Å². The van der Waals surface area contributed by atoms with Gasteiger partial charge in [-0.1, -0.05) is 29.6 Å². The molecular formula is C26H22Cl2N4OS. The van der Waals surface area contributed by atoms with Crippen molar-refractivity contribution in [2.24, 2.45) is 0 Å². The molecule has 172 valence electrons. The van der Waals surface area contributed by atoms with E-state index in [9.17, 15) is 4.79 Å². The Morgan fingerprint density at radius 1 is 0.941 bits per heavy atom. The number of rotatable bonds is 4. The van der Waals surface area contributed by atoms with Gasteiger partial charge in [-0.25, -0.2) is 0 Å². The molecule has 5 rings (SSSR count). The lowest BCUT2D eigenvalue weighted by Crippen LogP contribution is -2.16. The van der Waals surface area contributed by atoms with Crippen molar-refractivity contribution in [3.8, 4) is 11.3 Å². The Morgan fingerprint density at radius 3 is 2.74 bits per heavy atom. The van der Waals surface area contributed by atoms with Crippen molar-refractivity contribution in [2.45, 2.75) is 19.3 Å². The minimum Gasteiger partial charge on any atom is -0.322 e. The van der Waals surface area contributed by atoms with E-state index in [1.54, 1.807) is 30.6 Å². The number of hydrogen-bond acceptors (Lipinski definition) is 5. The molecule has 0 aliphatic carbocycles. The molecule has 1 saturated heterocycles. The molecule has 0 saturated carbocycles. The molecule has 2 aromatic carbocycles. The van der Waals surface area contributed by atoms with Crippen molar-refractivity contribution in [1.29, 1.82) is 0 Å². The Hall–Kier alpha value is -2.80. The van der Waals surface area contributed by atoms with Crippen LogP contribution in [0.1, 0.15) is 29.6 Å². The van der Waals surface area contributed by atoms with Crippen LogP contribution in [0.2, 0.25) is 10.0 Å². The van der Waals surface area contributed by atoms with Crippen molar-refractivity contribution >= 4 is 63.3 Å². The minimum absolute atomic E-state index is 0.277. The van der Waals surface area contributed by atoms with Crippen LogP contribution < -0.4 is 9.62 Å². The molecule has 0 unspecified atom stereocenters. The summed E-state index contributed by atoms with van der Waals surface area (Å²) in [6.45, 7) is 0.984. The fourth-order valence-electron chi connectivity index (χ4n) is 4.02. The van der Waals surface area contributed by atoms with Gasteiger partial charge in [0.15, 0.2) is 0 Å². The largest absolute Gasteiger partial charge is 0.322 e. The summed E-state index contributed by atoms with van der Waals surface area (Å²) in [5.41, 5.74) is 4.32. The topological polar surface area (TPSA) is 58.1 Å². The van der Waals surface area contributed by atoms with Crippen LogP contribution >= 0.6 is 35.1 Å². The number of halogens is 2. The Balaban J connectivity index is 1.40. The Morgan fingerprint density at radius 2 is 1.85 bits per heavy atom. The average Bonchev–Trinajstić information content (AvgIpc) is 3.14. The molecule has 5 nitrogen and oxygen atoms in total. The fraction of sp³-hybridized carbons (Fsp3) is 0.192. The smallest absolute Gasteiger partial charge is 0.257 e. The van der Waals surface area contributed by atoms with Crippen molar-refractivity contribution in [2.75, 3.05) is 21.9 Å². The molecule has 0 spiro atoms.